The second-order valence-electron chi connectivity index (χ2n) is 9.58. The minimum Gasteiger partial charge on any atom is -0.463 e. The summed E-state index contributed by atoms with van der Waals surface area (Å²) in [4.78, 5) is 14.0. The molecule has 1 aliphatic heterocycles. The Morgan fingerprint density at radius 2 is 2.06 bits per heavy atom. The average Bonchev–Trinajstić information content (AvgIpc) is 3.17. The van der Waals surface area contributed by atoms with Crippen LogP contribution >= 0.6 is 0 Å². The van der Waals surface area contributed by atoms with Crippen LogP contribution in [0.3, 0.4) is 0 Å². The van der Waals surface area contributed by atoms with Gasteiger partial charge >= 0.3 is 5.97 Å². The zero-order chi connectivity index (χ0) is 25.4. The van der Waals surface area contributed by atoms with Gasteiger partial charge in [0.15, 0.2) is 0 Å². The summed E-state index contributed by atoms with van der Waals surface area (Å²) in [6, 6.07) is 13.4. The second kappa shape index (κ2) is 13.0. The third-order valence-corrected chi connectivity index (χ3v) is 6.55. The SMILES string of the molecule is CCOC(=O)/C=C/c1ccccc1[C@@H](C)OC[C@H](O)CN1C[C@@H](C)C[C@H]1Cc1ccc(C)c(F)c1. The lowest BCUT2D eigenvalue weighted by Gasteiger charge is -2.27. The molecular formula is C29H38FNO4. The number of hydrogen-bond acceptors (Lipinski definition) is 5. The number of halogens is 1. The van der Waals surface area contributed by atoms with Crippen LogP contribution in [-0.4, -0.2) is 54.4 Å². The Kier molecular flexibility index (Phi) is 10.0. The topological polar surface area (TPSA) is 59.0 Å². The Labute approximate surface area is 208 Å². The smallest absolute Gasteiger partial charge is 0.330 e. The normalized spacial score (nSPS) is 20.3. The first-order chi connectivity index (χ1) is 16.8. The lowest BCUT2D eigenvalue weighted by molar-refractivity contribution is -0.137. The standard InChI is InChI=1S/C29H38FNO4/c1-5-34-29(33)13-12-24-8-6-7-9-27(24)22(4)35-19-26(32)18-31-17-20(2)14-25(31)15-23-11-10-21(3)28(30)16-23/h6-13,16,20,22,25-26,32H,5,14-15,17-19H2,1-4H3/b13-12+/t20-,22+,25-,26+/m0/s1. The van der Waals surface area contributed by atoms with Crippen LogP contribution in [0.25, 0.3) is 6.08 Å². The molecule has 1 N–H and O–H groups in total. The molecule has 1 saturated heterocycles. The zero-order valence-corrected chi connectivity index (χ0v) is 21.2. The van der Waals surface area contributed by atoms with E-state index in [4.69, 9.17) is 9.47 Å². The van der Waals surface area contributed by atoms with E-state index in [9.17, 15) is 14.3 Å². The minimum absolute atomic E-state index is 0.167. The minimum atomic E-state index is -0.637. The molecule has 1 aliphatic rings. The molecule has 4 atom stereocenters. The van der Waals surface area contributed by atoms with Gasteiger partial charge in [-0.2, -0.15) is 0 Å². The molecule has 1 heterocycles. The van der Waals surface area contributed by atoms with E-state index >= 15 is 0 Å². The van der Waals surface area contributed by atoms with E-state index in [1.807, 2.05) is 43.3 Å². The van der Waals surface area contributed by atoms with Crippen LogP contribution in [-0.2, 0) is 20.7 Å². The quantitative estimate of drug-likeness (QED) is 0.356. The molecule has 0 aliphatic carbocycles. The molecule has 2 aromatic rings. The lowest BCUT2D eigenvalue weighted by atomic mass is 10.00. The van der Waals surface area contributed by atoms with Crippen molar-refractivity contribution < 1.29 is 23.8 Å². The van der Waals surface area contributed by atoms with Gasteiger partial charge in [-0.05, 0) is 73.9 Å². The number of carbonyl (C=O) groups excluding carboxylic acids is 1. The van der Waals surface area contributed by atoms with Crippen LogP contribution in [0.1, 0.15) is 55.5 Å². The number of carbonyl (C=O) groups is 1. The van der Waals surface area contributed by atoms with Gasteiger partial charge in [0.1, 0.15) is 5.82 Å². The Bertz CT molecular complexity index is 1010. The predicted octanol–water partition coefficient (Wildman–Crippen LogP) is 5.10. The predicted molar refractivity (Wildman–Crippen MR) is 136 cm³/mol. The first-order valence-electron chi connectivity index (χ1n) is 12.5. The average molecular weight is 484 g/mol. The van der Waals surface area contributed by atoms with Crippen LogP contribution in [0.2, 0.25) is 0 Å². The molecule has 0 unspecified atom stereocenters. The summed E-state index contributed by atoms with van der Waals surface area (Å²) in [5.41, 5.74) is 3.46. The van der Waals surface area contributed by atoms with E-state index < -0.39 is 6.10 Å². The maximum Gasteiger partial charge on any atom is 0.330 e. The van der Waals surface area contributed by atoms with E-state index in [0.717, 1.165) is 36.1 Å². The number of rotatable bonds is 11. The number of aliphatic hydroxyl groups is 1. The molecule has 0 aromatic heterocycles. The van der Waals surface area contributed by atoms with Gasteiger partial charge in [0.2, 0.25) is 0 Å². The molecule has 5 nitrogen and oxygen atoms in total. The molecule has 0 saturated carbocycles. The van der Waals surface area contributed by atoms with Gasteiger partial charge in [0.25, 0.3) is 0 Å². The van der Waals surface area contributed by atoms with Gasteiger partial charge in [0.05, 0.1) is 25.4 Å². The third-order valence-electron chi connectivity index (χ3n) is 6.55. The molecule has 0 amide bonds. The van der Waals surface area contributed by atoms with Crippen LogP contribution < -0.4 is 0 Å². The van der Waals surface area contributed by atoms with Crippen molar-refractivity contribution in [3.05, 3.63) is 76.6 Å². The highest BCUT2D eigenvalue weighted by Crippen LogP contribution is 2.27. The van der Waals surface area contributed by atoms with Crippen molar-refractivity contribution in [3.8, 4) is 0 Å². The van der Waals surface area contributed by atoms with Crippen molar-refractivity contribution in [2.75, 3.05) is 26.3 Å². The first kappa shape index (κ1) is 27.1. The summed E-state index contributed by atoms with van der Waals surface area (Å²) in [6.07, 6.45) is 4.05. The molecule has 0 bridgehead atoms. The molecule has 6 heteroatoms. The molecule has 190 valence electrons. The fourth-order valence-corrected chi connectivity index (χ4v) is 4.76. The molecule has 0 radical (unpaired) electrons. The monoisotopic (exact) mass is 483 g/mol. The maximum absolute atomic E-state index is 14.0. The highest BCUT2D eigenvalue weighted by atomic mass is 19.1. The Balaban J connectivity index is 1.56. The fourth-order valence-electron chi connectivity index (χ4n) is 4.76. The molecule has 3 rings (SSSR count). The van der Waals surface area contributed by atoms with Gasteiger partial charge in [0, 0.05) is 25.2 Å². The number of esters is 1. The third kappa shape index (κ3) is 7.99. The van der Waals surface area contributed by atoms with Crippen molar-refractivity contribution in [2.45, 2.75) is 58.8 Å². The highest BCUT2D eigenvalue weighted by Gasteiger charge is 2.31. The molecule has 2 aromatic carbocycles. The number of aryl methyl sites for hydroxylation is 1. The largest absolute Gasteiger partial charge is 0.463 e. The van der Waals surface area contributed by atoms with Crippen molar-refractivity contribution >= 4 is 12.0 Å². The molecular weight excluding hydrogens is 445 g/mol. The molecule has 35 heavy (non-hydrogen) atoms. The van der Waals surface area contributed by atoms with Crippen molar-refractivity contribution in [2.24, 2.45) is 5.92 Å². The Morgan fingerprint density at radius 1 is 1.29 bits per heavy atom. The van der Waals surface area contributed by atoms with E-state index in [2.05, 4.69) is 11.8 Å². The summed E-state index contributed by atoms with van der Waals surface area (Å²) in [6.45, 7) is 9.66. The number of benzene rings is 2. The summed E-state index contributed by atoms with van der Waals surface area (Å²) in [5.74, 6) is -0.0191. The number of likely N-dealkylation sites (tertiary alicyclic amines) is 1. The van der Waals surface area contributed by atoms with Crippen LogP contribution in [0.5, 0.6) is 0 Å². The maximum atomic E-state index is 14.0. The Hall–Kier alpha value is -2.54. The van der Waals surface area contributed by atoms with Gasteiger partial charge < -0.3 is 14.6 Å². The van der Waals surface area contributed by atoms with E-state index in [1.54, 1.807) is 26.0 Å². The van der Waals surface area contributed by atoms with E-state index in [-0.39, 0.29) is 30.5 Å². The van der Waals surface area contributed by atoms with Crippen LogP contribution in [0.4, 0.5) is 4.39 Å². The Morgan fingerprint density at radius 3 is 2.80 bits per heavy atom. The number of β-amino-alcohol motifs (C(OH)–C–C–N with tert-alkyl or cyclic N) is 1. The van der Waals surface area contributed by atoms with Gasteiger partial charge in [-0.1, -0.05) is 43.3 Å². The molecule has 0 spiro atoms. The fraction of sp³-hybridized carbons (Fsp3) is 0.483. The highest BCUT2D eigenvalue weighted by molar-refractivity contribution is 5.87. The van der Waals surface area contributed by atoms with E-state index in [1.165, 1.54) is 6.08 Å². The number of ether oxygens (including phenoxy) is 2. The van der Waals surface area contributed by atoms with Crippen LogP contribution in [0, 0.1) is 18.7 Å². The first-order valence-corrected chi connectivity index (χ1v) is 12.5. The van der Waals surface area contributed by atoms with Gasteiger partial charge in [-0.3, -0.25) is 4.90 Å². The number of aliphatic hydroxyl groups excluding tert-OH is 1. The van der Waals surface area contributed by atoms with Crippen molar-refractivity contribution in [1.82, 2.24) is 4.90 Å². The summed E-state index contributed by atoms with van der Waals surface area (Å²) >= 11 is 0. The van der Waals surface area contributed by atoms with Gasteiger partial charge in [-0.25, -0.2) is 9.18 Å². The van der Waals surface area contributed by atoms with E-state index in [0.29, 0.717) is 24.6 Å². The van der Waals surface area contributed by atoms with Gasteiger partial charge in [-0.15, -0.1) is 0 Å². The lowest BCUT2D eigenvalue weighted by Crippen LogP contribution is -2.39. The summed E-state index contributed by atoms with van der Waals surface area (Å²) in [5, 5.41) is 10.8. The second-order valence-corrected chi connectivity index (χ2v) is 9.58. The zero-order valence-electron chi connectivity index (χ0n) is 21.2. The summed E-state index contributed by atoms with van der Waals surface area (Å²) in [7, 11) is 0. The number of nitrogens with zero attached hydrogens (tertiary/aromatic N) is 1. The van der Waals surface area contributed by atoms with Crippen molar-refractivity contribution in [3.63, 3.8) is 0 Å². The molecule has 1 fully saturated rings. The number of hydrogen-bond donors (Lipinski definition) is 1. The van der Waals surface area contributed by atoms with Crippen molar-refractivity contribution in [1.29, 1.82) is 0 Å². The van der Waals surface area contributed by atoms with Crippen LogP contribution in [0.15, 0.2) is 48.5 Å². The summed E-state index contributed by atoms with van der Waals surface area (Å²) < 4.78 is 25.0.